The second-order valence-electron chi connectivity index (χ2n) is 4.46. The van der Waals surface area contributed by atoms with Gasteiger partial charge in [0.2, 0.25) is 0 Å². The third-order valence-corrected chi connectivity index (χ3v) is 2.83. The first-order valence-electron chi connectivity index (χ1n) is 6.89. The Bertz CT molecular complexity index is 791. The van der Waals surface area contributed by atoms with E-state index in [1.165, 1.54) is 6.20 Å². The highest BCUT2D eigenvalue weighted by Gasteiger charge is 2.08. The lowest BCUT2D eigenvalue weighted by Gasteiger charge is -2.09. The number of benzene rings is 1. The fourth-order valence-corrected chi connectivity index (χ4v) is 1.76. The van der Waals surface area contributed by atoms with Gasteiger partial charge in [-0.2, -0.15) is 0 Å². The number of nitrogens with one attached hydrogen (secondary N) is 1. The summed E-state index contributed by atoms with van der Waals surface area (Å²) in [5.41, 5.74) is 0.101. The molecule has 0 bridgehead atoms. The number of amides is 1. The maximum absolute atomic E-state index is 11.7. The SMILES string of the molecule is CCOC(=O)Nc1cccnc1N=Cc1cc([N+](=O)[O-])ccc1[O-]. The Balaban J connectivity index is 2.28. The average Bonchev–Trinajstić information content (AvgIpc) is 2.55. The largest absolute Gasteiger partial charge is 0.872 e. The lowest BCUT2D eigenvalue weighted by Crippen LogP contribution is -2.13. The van der Waals surface area contributed by atoms with E-state index in [-0.39, 0.29) is 29.4 Å². The number of ether oxygens (including phenoxy) is 1. The first-order chi connectivity index (χ1) is 11.5. The van der Waals surface area contributed by atoms with Crippen LogP contribution in [0.5, 0.6) is 5.75 Å². The van der Waals surface area contributed by atoms with Gasteiger partial charge in [0.15, 0.2) is 5.82 Å². The molecule has 124 valence electrons. The van der Waals surface area contributed by atoms with E-state index in [0.29, 0.717) is 0 Å². The molecule has 0 atom stereocenters. The number of anilines is 1. The van der Waals surface area contributed by atoms with Gasteiger partial charge in [0.25, 0.3) is 5.69 Å². The molecule has 0 saturated carbocycles. The number of carbonyl (C=O) groups is 1. The summed E-state index contributed by atoms with van der Waals surface area (Å²) in [6.07, 6.45) is 1.95. The Morgan fingerprint density at radius 3 is 2.96 bits per heavy atom. The maximum atomic E-state index is 11.7. The lowest BCUT2D eigenvalue weighted by molar-refractivity contribution is -0.385. The fourth-order valence-electron chi connectivity index (χ4n) is 1.76. The molecule has 0 aliphatic rings. The summed E-state index contributed by atoms with van der Waals surface area (Å²) in [5, 5.41) is 25.0. The highest BCUT2D eigenvalue weighted by molar-refractivity contribution is 5.91. The van der Waals surface area contributed by atoms with Crippen LogP contribution in [0.3, 0.4) is 0 Å². The molecular weight excluding hydrogens is 316 g/mol. The van der Waals surface area contributed by atoms with Crippen molar-refractivity contribution in [2.24, 2.45) is 4.99 Å². The molecule has 0 fully saturated rings. The summed E-state index contributed by atoms with van der Waals surface area (Å²) < 4.78 is 4.77. The summed E-state index contributed by atoms with van der Waals surface area (Å²) >= 11 is 0. The van der Waals surface area contributed by atoms with Crippen molar-refractivity contribution in [3.8, 4) is 5.75 Å². The third kappa shape index (κ3) is 4.26. The van der Waals surface area contributed by atoms with Crippen molar-refractivity contribution in [2.75, 3.05) is 11.9 Å². The predicted octanol–water partition coefficient (Wildman–Crippen LogP) is 2.38. The van der Waals surface area contributed by atoms with Crippen LogP contribution in [0.1, 0.15) is 12.5 Å². The van der Waals surface area contributed by atoms with Crippen LogP contribution in [0, 0.1) is 10.1 Å². The normalized spacial score (nSPS) is 10.5. The summed E-state index contributed by atoms with van der Waals surface area (Å²) in [5.74, 6) is -0.281. The second-order valence-corrected chi connectivity index (χ2v) is 4.46. The van der Waals surface area contributed by atoms with Crippen LogP contribution in [0.25, 0.3) is 0 Å². The number of carbonyl (C=O) groups excluding carboxylic acids is 1. The molecule has 1 amide bonds. The molecule has 0 spiro atoms. The Morgan fingerprint density at radius 1 is 1.46 bits per heavy atom. The van der Waals surface area contributed by atoms with E-state index in [1.807, 2.05) is 0 Å². The van der Waals surface area contributed by atoms with Gasteiger partial charge in [-0.3, -0.25) is 15.4 Å². The van der Waals surface area contributed by atoms with Crippen LogP contribution in [-0.2, 0) is 4.74 Å². The van der Waals surface area contributed by atoms with Gasteiger partial charge < -0.3 is 9.84 Å². The molecular formula is C15H13N4O5-. The molecule has 9 nitrogen and oxygen atoms in total. The van der Waals surface area contributed by atoms with Crippen LogP contribution in [0.4, 0.5) is 22.0 Å². The fraction of sp³-hybridized carbons (Fsp3) is 0.133. The first kappa shape index (κ1) is 16.9. The Hall–Kier alpha value is -3.49. The molecule has 1 aromatic heterocycles. The van der Waals surface area contributed by atoms with Crippen molar-refractivity contribution in [3.63, 3.8) is 0 Å². The van der Waals surface area contributed by atoms with E-state index >= 15 is 0 Å². The van der Waals surface area contributed by atoms with Gasteiger partial charge >= 0.3 is 6.09 Å². The monoisotopic (exact) mass is 329 g/mol. The van der Waals surface area contributed by atoms with Gasteiger partial charge in [0.05, 0.1) is 17.2 Å². The number of nitro benzene ring substituents is 1. The van der Waals surface area contributed by atoms with E-state index in [1.54, 1.807) is 19.1 Å². The number of nitrogens with zero attached hydrogens (tertiary/aromatic N) is 3. The lowest BCUT2D eigenvalue weighted by atomic mass is 10.2. The van der Waals surface area contributed by atoms with E-state index < -0.39 is 16.8 Å². The Morgan fingerprint density at radius 2 is 2.25 bits per heavy atom. The zero-order valence-electron chi connectivity index (χ0n) is 12.6. The topological polar surface area (TPSA) is 130 Å². The zero-order chi connectivity index (χ0) is 17.5. The van der Waals surface area contributed by atoms with Crippen molar-refractivity contribution in [3.05, 3.63) is 52.2 Å². The number of hydrogen-bond acceptors (Lipinski definition) is 7. The van der Waals surface area contributed by atoms with Crippen molar-refractivity contribution >= 4 is 29.5 Å². The predicted molar refractivity (Wildman–Crippen MR) is 84.7 cm³/mol. The van der Waals surface area contributed by atoms with Gasteiger partial charge in [-0.15, -0.1) is 0 Å². The number of non-ortho nitro benzene ring substituents is 1. The van der Waals surface area contributed by atoms with Gasteiger partial charge in [0.1, 0.15) is 0 Å². The number of pyridine rings is 1. The standard InChI is InChI=1S/C15H14N4O5/c1-2-24-15(21)18-12-4-3-7-16-14(12)17-9-10-8-11(19(22)23)5-6-13(10)20/h3-9,20H,2H2,1H3,(H,18,21)/p-1. The van der Waals surface area contributed by atoms with Crippen LogP contribution in [0.2, 0.25) is 0 Å². The minimum Gasteiger partial charge on any atom is -0.872 e. The highest BCUT2D eigenvalue weighted by Crippen LogP contribution is 2.23. The third-order valence-electron chi connectivity index (χ3n) is 2.83. The molecule has 1 heterocycles. The summed E-state index contributed by atoms with van der Waals surface area (Å²) in [6.45, 7) is 1.87. The summed E-state index contributed by atoms with van der Waals surface area (Å²) in [7, 11) is 0. The summed E-state index contributed by atoms with van der Waals surface area (Å²) in [4.78, 5) is 29.6. The second kappa shape index (κ2) is 7.68. The minimum absolute atomic E-state index is 0.0388. The van der Waals surface area contributed by atoms with Crippen molar-refractivity contribution in [2.45, 2.75) is 6.92 Å². The smallest absolute Gasteiger partial charge is 0.411 e. The molecule has 9 heteroatoms. The average molecular weight is 329 g/mol. The number of nitro groups is 1. The Kier molecular flexibility index (Phi) is 5.40. The molecule has 0 aliphatic carbocycles. The van der Waals surface area contributed by atoms with Crippen LogP contribution in [-0.4, -0.2) is 28.8 Å². The maximum Gasteiger partial charge on any atom is 0.411 e. The van der Waals surface area contributed by atoms with Crippen LogP contribution in [0.15, 0.2) is 41.5 Å². The van der Waals surface area contributed by atoms with Crippen molar-refractivity contribution < 1.29 is 19.6 Å². The quantitative estimate of drug-likeness (QED) is 0.509. The molecule has 1 N–H and O–H groups in total. The van der Waals surface area contributed by atoms with Crippen LogP contribution >= 0.6 is 0 Å². The number of rotatable bonds is 5. The van der Waals surface area contributed by atoms with E-state index in [9.17, 15) is 20.0 Å². The molecule has 0 radical (unpaired) electrons. The van der Waals surface area contributed by atoms with E-state index in [0.717, 1.165) is 24.4 Å². The molecule has 2 aromatic rings. The minimum atomic E-state index is -0.665. The first-order valence-corrected chi connectivity index (χ1v) is 6.89. The number of hydrogen-bond donors (Lipinski definition) is 1. The molecule has 0 saturated heterocycles. The molecule has 0 aliphatic heterocycles. The van der Waals surface area contributed by atoms with Gasteiger partial charge in [0, 0.05) is 24.5 Å². The van der Waals surface area contributed by atoms with Crippen molar-refractivity contribution in [1.29, 1.82) is 0 Å². The Labute approximate surface area is 136 Å². The molecule has 24 heavy (non-hydrogen) atoms. The van der Waals surface area contributed by atoms with E-state index in [2.05, 4.69) is 15.3 Å². The zero-order valence-corrected chi connectivity index (χ0v) is 12.6. The number of aromatic nitrogens is 1. The highest BCUT2D eigenvalue weighted by atomic mass is 16.6. The van der Waals surface area contributed by atoms with E-state index in [4.69, 9.17) is 4.74 Å². The number of aliphatic imine (C=N–C) groups is 1. The van der Waals surface area contributed by atoms with Crippen molar-refractivity contribution in [1.82, 2.24) is 4.98 Å². The van der Waals surface area contributed by atoms with Gasteiger partial charge in [-0.25, -0.2) is 14.8 Å². The van der Waals surface area contributed by atoms with Crippen LogP contribution < -0.4 is 10.4 Å². The molecule has 0 unspecified atom stereocenters. The molecule has 2 rings (SSSR count). The molecule has 1 aromatic carbocycles. The summed E-state index contributed by atoms with van der Waals surface area (Å²) in [6, 6.07) is 6.48. The van der Waals surface area contributed by atoms with Gasteiger partial charge in [-0.1, -0.05) is 11.8 Å². The van der Waals surface area contributed by atoms with Gasteiger partial charge in [-0.05, 0) is 24.6 Å².